The zero-order chi connectivity index (χ0) is 15.7. The topological polar surface area (TPSA) is 71.2 Å². The molecule has 2 aromatic rings. The van der Waals surface area contributed by atoms with E-state index in [9.17, 15) is 4.79 Å². The van der Waals surface area contributed by atoms with Gasteiger partial charge in [0.05, 0.1) is 11.9 Å². The van der Waals surface area contributed by atoms with E-state index in [0.29, 0.717) is 0 Å². The van der Waals surface area contributed by atoms with Gasteiger partial charge in [-0.1, -0.05) is 18.2 Å². The van der Waals surface area contributed by atoms with Crippen molar-refractivity contribution in [3.63, 3.8) is 0 Å². The molecule has 5 nitrogen and oxygen atoms in total. The Hall–Kier alpha value is -2.30. The molecular weight excluding hydrogens is 276 g/mol. The third kappa shape index (κ3) is 2.47. The molecule has 3 rings (SSSR count). The summed E-state index contributed by atoms with van der Waals surface area (Å²) in [5, 5.41) is 5.58. The van der Waals surface area contributed by atoms with Gasteiger partial charge < -0.3 is 16.0 Å². The normalized spacial score (nSPS) is 16.0. The van der Waals surface area contributed by atoms with Crippen LogP contribution in [0.15, 0.2) is 24.4 Å². The third-order valence-electron chi connectivity index (χ3n) is 4.57. The molecule has 0 bridgehead atoms. The predicted molar refractivity (Wildman–Crippen MR) is 90.2 cm³/mol. The van der Waals surface area contributed by atoms with Gasteiger partial charge in [0.25, 0.3) is 0 Å². The van der Waals surface area contributed by atoms with E-state index in [1.54, 1.807) is 0 Å². The van der Waals surface area contributed by atoms with Crippen LogP contribution in [0.2, 0.25) is 0 Å². The zero-order valence-electron chi connectivity index (χ0n) is 13.1. The molecule has 1 amide bonds. The second-order valence-corrected chi connectivity index (χ2v) is 5.91. The minimum absolute atomic E-state index is 0.000179. The molecule has 3 N–H and O–H groups in total. The van der Waals surface area contributed by atoms with Gasteiger partial charge in [0.1, 0.15) is 5.82 Å². The third-order valence-corrected chi connectivity index (χ3v) is 4.57. The summed E-state index contributed by atoms with van der Waals surface area (Å²) < 4.78 is 0. The number of hydrogen-bond acceptors (Lipinski definition) is 4. The molecule has 5 heteroatoms. The maximum atomic E-state index is 11.3. The fourth-order valence-corrected chi connectivity index (χ4v) is 3.26. The fourth-order valence-electron chi connectivity index (χ4n) is 3.26. The first-order valence-electron chi connectivity index (χ1n) is 7.72. The van der Waals surface area contributed by atoms with Crippen LogP contribution in [0.4, 0.5) is 11.5 Å². The number of aromatic nitrogens is 1. The van der Waals surface area contributed by atoms with E-state index in [2.05, 4.69) is 40.3 Å². The number of fused-ring (bicyclic) bond motifs is 1. The van der Waals surface area contributed by atoms with Crippen molar-refractivity contribution < 1.29 is 4.79 Å². The summed E-state index contributed by atoms with van der Waals surface area (Å²) >= 11 is 0. The molecule has 0 saturated carbocycles. The van der Waals surface area contributed by atoms with E-state index >= 15 is 0 Å². The van der Waals surface area contributed by atoms with Gasteiger partial charge in [-0.15, -0.1) is 0 Å². The maximum absolute atomic E-state index is 11.3. The Kier molecular flexibility index (Phi) is 3.88. The SMILES string of the molecule is CNc1cnc(N2CCC(C(N)=O)CC2)c2c(C)cccc12. The molecule has 0 unspecified atom stereocenters. The molecule has 0 aliphatic carbocycles. The average molecular weight is 298 g/mol. The van der Waals surface area contributed by atoms with Crippen LogP contribution in [-0.4, -0.2) is 31.0 Å². The van der Waals surface area contributed by atoms with Crippen LogP contribution in [0.5, 0.6) is 0 Å². The van der Waals surface area contributed by atoms with Crippen LogP contribution in [-0.2, 0) is 4.79 Å². The van der Waals surface area contributed by atoms with Crippen molar-refractivity contribution in [3.8, 4) is 0 Å². The Labute approximate surface area is 130 Å². The van der Waals surface area contributed by atoms with E-state index in [-0.39, 0.29) is 11.8 Å². The first-order valence-corrected chi connectivity index (χ1v) is 7.72. The number of hydrogen-bond donors (Lipinski definition) is 2. The molecule has 1 saturated heterocycles. The van der Waals surface area contributed by atoms with Crippen LogP contribution in [0.3, 0.4) is 0 Å². The van der Waals surface area contributed by atoms with Crippen molar-refractivity contribution in [2.75, 3.05) is 30.4 Å². The monoisotopic (exact) mass is 298 g/mol. The van der Waals surface area contributed by atoms with Crippen LogP contribution in [0, 0.1) is 12.8 Å². The molecule has 1 aliphatic heterocycles. The maximum Gasteiger partial charge on any atom is 0.220 e. The molecule has 2 heterocycles. The van der Waals surface area contributed by atoms with Crippen LogP contribution in [0.25, 0.3) is 10.8 Å². The number of piperidine rings is 1. The van der Waals surface area contributed by atoms with Crippen molar-refractivity contribution in [1.29, 1.82) is 0 Å². The smallest absolute Gasteiger partial charge is 0.220 e. The minimum atomic E-state index is -0.181. The Morgan fingerprint density at radius 3 is 2.73 bits per heavy atom. The molecular formula is C17H22N4O. The van der Waals surface area contributed by atoms with Gasteiger partial charge >= 0.3 is 0 Å². The van der Waals surface area contributed by atoms with Gasteiger partial charge in [0, 0.05) is 36.8 Å². The average Bonchev–Trinajstić information content (AvgIpc) is 2.54. The Bertz CT molecular complexity index is 705. The van der Waals surface area contributed by atoms with Gasteiger partial charge in [-0.25, -0.2) is 4.98 Å². The summed E-state index contributed by atoms with van der Waals surface area (Å²) in [5.41, 5.74) is 7.68. The van der Waals surface area contributed by atoms with E-state index in [4.69, 9.17) is 5.73 Å². The largest absolute Gasteiger partial charge is 0.386 e. The lowest BCUT2D eigenvalue weighted by Gasteiger charge is -2.32. The lowest BCUT2D eigenvalue weighted by atomic mass is 9.95. The van der Waals surface area contributed by atoms with Crippen molar-refractivity contribution in [2.24, 2.45) is 11.7 Å². The van der Waals surface area contributed by atoms with Gasteiger partial charge in [-0.05, 0) is 25.3 Å². The molecule has 22 heavy (non-hydrogen) atoms. The zero-order valence-corrected chi connectivity index (χ0v) is 13.1. The Balaban J connectivity index is 2.00. The molecule has 1 aromatic carbocycles. The highest BCUT2D eigenvalue weighted by Crippen LogP contribution is 2.34. The first kappa shape index (κ1) is 14.6. The van der Waals surface area contributed by atoms with E-state index in [0.717, 1.165) is 37.4 Å². The van der Waals surface area contributed by atoms with Gasteiger partial charge in [-0.2, -0.15) is 0 Å². The number of nitrogens with zero attached hydrogens (tertiary/aromatic N) is 2. The van der Waals surface area contributed by atoms with Crippen LogP contribution in [0.1, 0.15) is 18.4 Å². The molecule has 0 atom stereocenters. The number of carbonyl (C=O) groups is 1. The quantitative estimate of drug-likeness (QED) is 0.912. The van der Waals surface area contributed by atoms with E-state index < -0.39 is 0 Å². The summed E-state index contributed by atoms with van der Waals surface area (Å²) in [5.74, 6) is 0.828. The summed E-state index contributed by atoms with van der Waals surface area (Å²) in [6.07, 6.45) is 3.49. The molecule has 116 valence electrons. The number of carbonyl (C=O) groups excluding carboxylic acids is 1. The molecule has 1 aromatic heterocycles. The molecule has 1 aliphatic rings. The van der Waals surface area contributed by atoms with Gasteiger partial charge in [-0.3, -0.25) is 4.79 Å². The number of pyridine rings is 1. The Morgan fingerprint density at radius 2 is 2.09 bits per heavy atom. The van der Waals surface area contributed by atoms with Crippen molar-refractivity contribution >= 4 is 28.2 Å². The number of anilines is 2. The second kappa shape index (κ2) is 5.83. The van der Waals surface area contributed by atoms with Gasteiger partial charge in [0.2, 0.25) is 5.91 Å². The highest BCUT2D eigenvalue weighted by molar-refractivity contribution is 6.02. The highest BCUT2D eigenvalue weighted by atomic mass is 16.1. The second-order valence-electron chi connectivity index (χ2n) is 5.91. The molecule has 1 fully saturated rings. The number of benzene rings is 1. The fraction of sp³-hybridized carbons (Fsp3) is 0.412. The lowest BCUT2D eigenvalue weighted by molar-refractivity contribution is -0.122. The van der Waals surface area contributed by atoms with Crippen molar-refractivity contribution in [3.05, 3.63) is 30.0 Å². The van der Waals surface area contributed by atoms with Crippen LogP contribution < -0.4 is 16.0 Å². The van der Waals surface area contributed by atoms with E-state index in [1.807, 2.05) is 13.2 Å². The number of nitrogens with one attached hydrogen (secondary N) is 1. The number of rotatable bonds is 3. The summed E-state index contributed by atoms with van der Waals surface area (Å²) in [4.78, 5) is 18.3. The number of amides is 1. The summed E-state index contributed by atoms with van der Waals surface area (Å²) in [6.45, 7) is 3.76. The van der Waals surface area contributed by atoms with Crippen molar-refractivity contribution in [2.45, 2.75) is 19.8 Å². The number of nitrogens with two attached hydrogens (primary N) is 1. The van der Waals surface area contributed by atoms with Crippen molar-refractivity contribution in [1.82, 2.24) is 4.98 Å². The molecule has 0 radical (unpaired) electrons. The van der Waals surface area contributed by atoms with Crippen LogP contribution >= 0.6 is 0 Å². The van der Waals surface area contributed by atoms with E-state index in [1.165, 1.54) is 16.3 Å². The highest BCUT2D eigenvalue weighted by Gasteiger charge is 2.25. The minimum Gasteiger partial charge on any atom is -0.386 e. The standard InChI is InChI=1S/C17H22N4O/c1-11-4-3-5-13-14(19-2)10-20-17(15(11)13)21-8-6-12(7-9-21)16(18)22/h3-5,10,12,19H,6-9H2,1-2H3,(H2,18,22). The number of primary amides is 1. The lowest BCUT2D eigenvalue weighted by Crippen LogP contribution is -2.39. The van der Waals surface area contributed by atoms with Gasteiger partial charge in [0.15, 0.2) is 0 Å². The Morgan fingerprint density at radius 1 is 1.36 bits per heavy atom. The first-order chi connectivity index (χ1) is 10.6. The molecule has 0 spiro atoms. The number of aryl methyl sites for hydroxylation is 1. The summed E-state index contributed by atoms with van der Waals surface area (Å²) in [7, 11) is 1.91. The summed E-state index contributed by atoms with van der Waals surface area (Å²) in [6, 6.07) is 6.31. The predicted octanol–water partition coefficient (Wildman–Crippen LogP) is 2.29.